The van der Waals surface area contributed by atoms with Crippen LogP contribution >= 0.6 is 0 Å². The van der Waals surface area contributed by atoms with Crippen molar-refractivity contribution in [1.82, 2.24) is 0 Å². The van der Waals surface area contributed by atoms with E-state index in [1.165, 1.54) is 0 Å². The Morgan fingerprint density at radius 1 is 1.88 bits per heavy atom. The van der Waals surface area contributed by atoms with Crippen molar-refractivity contribution in [3.63, 3.8) is 0 Å². The van der Waals surface area contributed by atoms with Crippen molar-refractivity contribution < 1.29 is 59.9 Å². The molecule has 0 fully saturated rings. The third-order valence-corrected chi connectivity index (χ3v) is 0.975. The van der Waals surface area contributed by atoms with Crippen LogP contribution in [0.4, 0.5) is 0 Å². The first-order valence-corrected chi connectivity index (χ1v) is 2.64. The van der Waals surface area contributed by atoms with Crippen molar-refractivity contribution in [2.24, 2.45) is 0 Å². The van der Waals surface area contributed by atoms with Crippen molar-refractivity contribution in [3.8, 4) is 0 Å². The third kappa shape index (κ3) is 5.06. The molecule has 0 amide bonds. The number of hydrogen-bond donors (Lipinski definition) is 2. The van der Waals surface area contributed by atoms with Gasteiger partial charge in [0.1, 0.15) is 0 Å². The Morgan fingerprint density at radius 3 is 2.25 bits per heavy atom. The largest absolute Gasteiger partial charge is 1.00 e. The van der Waals surface area contributed by atoms with Gasteiger partial charge in [-0.15, -0.1) is 0 Å². The summed E-state index contributed by atoms with van der Waals surface area (Å²) < 4.78 is 0.0831. The minimum Gasteiger partial charge on any atom is 1.00 e. The molecule has 0 aliphatic heterocycles. The van der Waals surface area contributed by atoms with E-state index in [0.717, 1.165) is 0 Å². The molecule has 5 heteroatoms. The van der Waals surface area contributed by atoms with Gasteiger partial charge in [0.2, 0.25) is 0 Å². The molecule has 0 aromatic rings. The molecular formula is C3H6Ag2O3+2. The molecule has 8 heavy (non-hydrogen) atoms. The number of aliphatic hydroxyl groups excluding tert-OH is 1. The molecule has 1 unspecified atom stereocenters. The van der Waals surface area contributed by atoms with Crippen LogP contribution in [0.15, 0.2) is 0 Å². The van der Waals surface area contributed by atoms with Crippen LogP contribution in [0.25, 0.3) is 0 Å². The molecule has 0 bridgehead atoms. The Kier molecular flexibility index (Phi) is 8.81. The zero-order chi connectivity index (χ0) is 5.86. The van der Waals surface area contributed by atoms with Gasteiger partial charge in [-0.1, -0.05) is 0 Å². The molecule has 0 saturated carbocycles. The summed E-state index contributed by atoms with van der Waals surface area (Å²) in [7, 11) is 0. The maximum Gasteiger partial charge on any atom is 1.00 e. The van der Waals surface area contributed by atoms with E-state index >= 15 is 0 Å². The monoisotopic (exact) mass is 304 g/mol. The van der Waals surface area contributed by atoms with E-state index in [2.05, 4.69) is 21.1 Å². The van der Waals surface area contributed by atoms with Gasteiger partial charge in [-0.25, -0.2) is 0 Å². The summed E-state index contributed by atoms with van der Waals surface area (Å²) >= 11 is 2.80. The van der Waals surface area contributed by atoms with Crippen LogP contribution in [0, 0.1) is 0 Å². The Hall–Kier alpha value is 0.911. The zero-order valence-corrected chi connectivity index (χ0v) is 6.65. The molecule has 0 saturated heterocycles. The van der Waals surface area contributed by atoms with Gasteiger partial charge in [-0.3, -0.25) is 0 Å². The van der Waals surface area contributed by atoms with Gasteiger partial charge in [0.15, 0.2) is 0 Å². The predicted octanol–water partition coefficient (Wildman–Crippen LogP) is -0.493. The summed E-state index contributed by atoms with van der Waals surface area (Å²) in [6.45, 7) is 0. The molecule has 1 atom stereocenters. The standard InChI is InChI=1S/C3H5O3.2Ag/c1-2(4)3(5)6;;/h2,4H,1H2,(H,5,6);;/q;;+1/p+1. The van der Waals surface area contributed by atoms with Gasteiger partial charge < -0.3 is 0 Å². The van der Waals surface area contributed by atoms with Crippen molar-refractivity contribution in [2.45, 2.75) is 10.7 Å². The summed E-state index contributed by atoms with van der Waals surface area (Å²) in [6.07, 6.45) is -1.27. The number of rotatable bonds is 2. The predicted molar refractivity (Wildman–Crippen MR) is 19.6 cm³/mol. The van der Waals surface area contributed by atoms with E-state index in [1.807, 2.05) is 0 Å². The van der Waals surface area contributed by atoms with Gasteiger partial charge in [-0.05, 0) is 0 Å². The van der Waals surface area contributed by atoms with Gasteiger partial charge in [0.05, 0.1) is 0 Å². The first kappa shape index (κ1) is 11.7. The van der Waals surface area contributed by atoms with Gasteiger partial charge in [0.25, 0.3) is 0 Å². The van der Waals surface area contributed by atoms with Gasteiger partial charge in [0, 0.05) is 0 Å². The zero-order valence-electron chi connectivity index (χ0n) is 4.69. The topological polar surface area (TPSA) is 57.5 Å². The molecule has 0 spiro atoms. The van der Waals surface area contributed by atoms with Crippen molar-refractivity contribution >= 4 is 5.97 Å². The molecule has 0 radical (unpaired) electrons. The van der Waals surface area contributed by atoms with Crippen LogP contribution in [0.3, 0.4) is 0 Å². The third-order valence-electron chi connectivity index (χ3n) is 0.402. The van der Waals surface area contributed by atoms with E-state index < -0.39 is 12.1 Å². The number of aliphatic carboxylic acids is 1. The smallest absolute Gasteiger partial charge is 1.00 e. The first-order chi connectivity index (χ1) is 3.18. The number of hydrogen-bond acceptors (Lipinski definition) is 2. The molecule has 3 nitrogen and oxygen atoms in total. The van der Waals surface area contributed by atoms with E-state index in [1.54, 1.807) is 0 Å². The number of aliphatic hydroxyl groups is 1. The van der Waals surface area contributed by atoms with Crippen molar-refractivity contribution in [3.05, 3.63) is 0 Å². The average Bonchev–Trinajstić information content (AvgIpc) is 1.65. The molecule has 0 aromatic heterocycles. The van der Waals surface area contributed by atoms with Crippen LogP contribution in [0.2, 0.25) is 4.64 Å². The van der Waals surface area contributed by atoms with Gasteiger partial charge >= 0.3 is 76.6 Å². The molecule has 0 heterocycles. The SMILES string of the molecule is O=C(O)C(O)[CH2][Ag].[Ag+].[H+]. The number of carboxylic acid groups (broad SMARTS) is 1. The summed E-state index contributed by atoms with van der Waals surface area (Å²) in [4.78, 5) is 9.65. The Balaban J connectivity index is -0.000000180. The normalized spacial score (nSPS) is 11.9. The minimum atomic E-state index is -1.27. The van der Waals surface area contributed by atoms with Crippen LogP contribution in [-0.4, -0.2) is 22.3 Å². The van der Waals surface area contributed by atoms with E-state index in [0.29, 0.717) is 0 Å². The molecule has 0 aliphatic rings. The molecule has 0 aromatic carbocycles. The number of carboxylic acids is 1. The molecule has 0 rings (SSSR count). The van der Waals surface area contributed by atoms with E-state index in [4.69, 9.17) is 10.2 Å². The van der Waals surface area contributed by atoms with Crippen LogP contribution < -0.4 is 0 Å². The molecule has 2 N–H and O–H groups in total. The molecular weight excluding hydrogens is 300 g/mol. The first-order valence-electron chi connectivity index (χ1n) is 1.60. The molecule has 56 valence electrons. The molecule has 0 aliphatic carbocycles. The minimum absolute atomic E-state index is 0. The van der Waals surface area contributed by atoms with Crippen LogP contribution in [0.5, 0.6) is 0 Å². The van der Waals surface area contributed by atoms with E-state index in [-0.39, 0.29) is 28.4 Å². The fourth-order valence-corrected chi connectivity index (χ4v) is 0.311. The second-order valence-corrected chi connectivity index (χ2v) is 1.58. The fourth-order valence-electron chi connectivity index (χ4n) is 0.0527. The summed E-state index contributed by atoms with van der Waals surface area (Å²) in [5, 5.41) is 16.2. The Bertz CT molecular complexity index is 79.5. The summed E-state index contributed by atoms with van der Waals surface area (Å²) in [5.74, 6) is -1.20. The second kappa shape index (κ2) is 6.04. The van der Waals surface area contributed by atoms with Crippen LogP contribution in [-0.2, 0) is 48.2 Å². The summed E-state index contributed by atoms with van der Waals surface area (Å²) in [5.41, 5.74) is 0. The maximum absolute atomic E-state index is 9.65. The maximum atomic E-state index is 9.65. The van der Waals surface area contributed by atoms with Gasteiger partial charge in [-0.2, -0.15) is 0 Å². The quantitative estimate of drug-likeness (QED) is 0.677. The van der Waals surface area contributed by atoms with E-state index in [9.17, 15) is 4.79 Å². The Morgan fingerprint density at radius 2 is 2.25 bits per heavy atom. The number of carbonyl (C=O) groups is 1. The van der Waals surface area contributed by atoms with Crippen molar-refractivity contribution in [2.75, 3.05) is 0 Å². The second-order valence-electron chi connectivity index (χ2n) is 0.977. The Labute approximate surface area is 76.4 Å². The van der Waals surface area contributed by atoms with Crippen LogP contribution in [0.1, 0.15) is 1.43 Å². The average molecular weight is 306 g/mol. The summed E-state index contributed by atoms with van der Waals surface area (Å²) in [6, 6.07) is 0. The fraction of sp³-hybridized carbons (Fsp3) is 0.667. The van der Waals surface area contributed by atoms with Crippen molar-refractivity contribution in [1.29, 1.82) is 0 Å².